The normalized spacial score (nSPS) is 20.7. The molecule has 1 N–H and O–H groups in total. The number of sulfonamides is 1. The molecule has 0 saturated carbocycles. The zero-order valence-electron chi connectivity index (χ0n) is 14.4. The van der Waals surface area contributed by atoms with Crippen LogP contribution in [0.1, 0.15) is 17.0 Å². The molecule has 2 atom stereocenters. The highest BCUT2D eigenvalue weighted by Crippen LogP contribution is 2.34. The highest BCUT2D eigenvalue weighted by Gasteiger charge is 2.42. The number of halogens is 2. The zero-order valence-corrected chi connectivity index (χ0v) is 15.2. The van der Waals surface area contributed by atoms with Crippen LogP contribution >= 0.6 is 0 Å². The van der Waals surface area contributed by atoms with E-state index < -0.39 is 45.2 Å². The first-order valence-electron chi connectivity index (χ1n) is 8.48. The van der Waals surface area contributed by atoms with Crippen molar-refractivity contribution in [2.45, 2.75) is 12.3 Å². The third kappa shape index (κ3) is 4.17. The van der Waals surface area contributed by atoms with Gasteiger partial charge in [-0.2, -0.15) is 0 Å². The fourth-order valence-electron chi connectivity index (χ4n) is 3.41. The van der Waals surface area contributed by atoms with Crippen LogP contribution in [0, 0.1) is 17.6 Å². The van der Waals surface area contributed by atoms with Crippen LogP contribution in [0.15, 0.2) is 48.5 Å². The van der Waals surface area contributed by atoms with Crippen molar-refractivity contribution in [1.29, 1.82) is 0 Å². The van der Waals surface area contributed by atoms with E-state index in [1.165, 1.54) is 6.07 Å². The van der Waals surface area contributed by atoms with Crippen molar-refractivity contribution in [1.82, 2.24) is 4.31 Å². The largest absolute Gasteiger partial charge is 0.481 e. The standard InChI is InChI=1S/C19H19F2NO4S/c20-17-7-4-8-18(21)14(17)9-10-27(25,26)22-11-15(16(12-22)19(23)24)13-5-2-1-3-6-13/h1-8,15-16H,9-12H2,(H,23,24)/t15-,16+/m0/s1. The van der Waals surface area contributed by atoms with E-state index in [1.807, 2.05) is 0 Å². The van der Waals surface area contributed by atoms with E-state index in [0.717, 1.165) is 22.0 Å². The smallest absolute Gasteiger partial charge is 0.308 e. The maximum Gasteiger partial charge on any atom is 0.308 e. The van der Waals surface area contributed by atoms with Gasteiger partial charge in [-0.05, 0) is 24.1 Å². The van der Waals surface area contributed by atoms with Crippen LogP contribution in [-0.2, 0) is 21.2 Å². The molecular formula is C19H19F2NO4S. The molecule has 5 nitrogen and oxygen atoms in total. The molecule has 1 heterocycles. The van der Waals surface area contributed by atoms with Crippen molar-refractivity contribution in [3.05, 3.63) is 71.3 Å². The van der Waals surface area contributed by atoms with E-state index >= 15 is 0 Å². The van der Waals surface area contributed by atoms with Crippen LogP contribution in [0.25, 0.3) is 0 Å². The molecule has 0 bridgehead atoms. The van der Waals surface area contributed by atoms with Gasteiger partial charge in [0.15, 0.2) is 0 Å². The lowest BCUT2D eigenvalue weighted by molar-refractivity contribution is -0.141. The molecule has 1 aliphatic rings. The van der Waals surface area contributed by atoms with Crippen molar-refractivity contribution < 1.29 is 27.1 Å². The van der Waals surface area contributed by atoms with Crippen molar-refractivity contribution in [3.8, 4) is 0 Å². The molecule has 0 amide bonds. The minimum absolute atomic E-state index is 0.0308. The average molecular weight is 395 g/mol. The molecule has 144 valence electrons. The predicted octanol–water partition coefficient (Wildman–Crippen LogP) is 2.64. The van der Waals surface area contributed by atoms with E-state index in [4.69, 9.17) is 0 Å². The molecule has 0 radical (unpaired) electrons. The van der Waals surface area contributed by atoms with E-state index in [2.05, 4.69) is 0 Å². The number of aliphatic carboxylic acids is 1. The van der Waals surface area contributed by atoms with Crippen molar-refractivity contribution in [2.75, 3.05) is 18.8 Å². The molecule has 1 saturated heterocycles. The van der Waals surface area contributed by atoms with Gasteiger partial charge >= 0.3 is 5.97 Å². The van der Waals surface area contributed by atoms with Crippen LogP contribution in [0.2, 0.25) is 0 Å². The van der Waals surface area contributed by atoms with Crippen LogP contribution in [-0.4, -0.2) is 42.6 Å². The Balaban J connectivity index is 1.78. The highest BCUT2D eigenvalue weighted by molar-refractivity contribution is 7.89. The maximum absolute atomic E-state index is 13.7. The fraction of sp³-hybridized carbons (Fsp3) is 0.316. The van der Waals surface area contributed by atoms with Gasteiger partial charge in [0, 0.05) is 24.6 Å². The zero-order chi connectivity index (χ0) is 19.6. The molecule has 27 heavy (non-hydrogen) atoms. The predicted molar refractivity (Wildman–Crippen MR) is 95.7 cm³/mol. The summed E-state index contributed by atoms with van der Waals surface area (Å²) in [5.74, 6) is -4.48. The van der Waals surface area contributed by atoms with Gasteiger partial charge in [0.25, 0.3) is 0 Å². The van der Waals surface area contributed by atoms with Gasteiger partial charge in [0.05, 0.1) is 11.7 Å². The first kappa shape index (κ1) is 19.4. The lowest BCUT2D eigenvalue weighted by Crippen LogP contribution is -2.32. The minimum atomic E-state index is -3.86. The molecule has 0 spiro atoms. The number of carbonyl (C=O) groups is 1. The van der Waals surface area contributed by atoms with Gasteiger partial charge in [0.1, 0.15) is 11.6 Å². The van der Waals surface area contributed by atoms with E-state index in [0.29, 0.717) is 0 Å². The Kier molecular flexibility index (Phi) is 5.57. The molecule has 1 fully saturated rings. The van der Waals surface area contributed by atoms with E-state index in [1.54, 1.807) is 30.3 Å². The summed E-state index contributed by atoms with van der Waals surface area (Å²) in [4.78, 5) is 11.6. The lowest BCUT2D eigenvalue weighted by Gasteiger charge is -2.17. The van der Waals surface area contributed by atoms with Gasteiger partial charge in [-0.1, -0.05) is 36.4 Å². The summed E-state index contributed by atoms with van der Waals surface area (Å²) in [6, 6.07) is 12.2. The second kappa shape index (κ2) is 7.74. The average Bonchev–Trinajstić information content (AvgIpc) is 3.09. The third-order valence-electron chi connectivity index (χ3n) is 4.90. The third-order valence-corrected chi connectivity index (χ3v) is 6.70. The van der Waals surface area contributed by atoms with Crippen LogP contribution in [0.3, 0.4) is 0 Å². The highest BCUT2D eigenvalue weighted by atomic mass is 32.2. The fourth-order valence-corrected chi connectivity index (χ4v) is 4.91. The molecule has 2 aromatic carbocycles. The van der Waals surface area contributed by atoms with Crippen LogP contribution < -0.4 is 0 Å². The summed E-state index contributed by atoms with van der Waals surface area (Å²) in [7, 11) is -3.86. The Labute approximate surface area is 156 Å². The molecule has 0 unspecified atom stereocenters. The Morgan fingerprint density at radius 3 is 2.26 bits per heavy atom. The number of rotatable bonds is 6. The monoisotopic (exact) mass is 395 g/mol. The second-order valence-electron chi connectivity index (χ2n) is 6.55. The SMILES string of the molecule is O=C(O)[C@@H]1CN(S(=O)(=O)CCc2c(F)cccc2F)C[C@H]1c1ccccc1. The van der Waals surface area contributed by atoms with Gasteiger partial charge in [-0.25, -0.2) is 21.5 Å². The summed E-state index contributed by atoms with van der Waals surface area (Å²) < 4.78 is 53.9. The Hall–Kier alpha value is -2.32. The number of hydrogen-bond acceptors (Lipinski definition) is 3. The molecule has 2 aromatic rings. The summed E-state index contributed by atoms with van der Waals surface area (Å²) in [5.41, 5.74) is 0.470. The topological polar surface area (TPSA) is 74.7 Å². The Morgan fingerprint density at radius 2 is 1.67 bits per heavy atom. The van der Waals surface area contributed by atoms with Crippen LogP contribution in [0.4, 0.5) is 8.78 Å². The van der Waals surface area contributed by atoms with Crippen molar-refractivity contribution >= 4 is 16.0 Å². The Bertz CT molecular complexity index is 914. The van der Waals surface area contributed by atoms with Crippen LogP contribution in [0.5, 0.6) is 0 Å². The second-order valence-corrected chi connectivity index (χ2v) is 8.63. The number of hydrogen-bond donors (Lipinski definition) is 1. The first-order chi connectivity index (χ1) is 12.8. The summed E-state index contributed by atoms with van der Waals surface area (Å²) in [6.45, 7) is -0.125. The van der Waals surface area contributed by atoms with Crippen molar-refractivity contribution in [3.63, 3.8) is 0 Å². The molecule has 0 aliphatic carbocycles. The van der Waals surface area contributed by atoms with E-state index in [-0.39, 0.29) is 25.1 Å². The minimum Gasteiger partial charge on any atom is -0.481 e. The summed E-state index contributed by atoms with van der Waals surface area (Å²) >= 11 is 0. The quantitative estimate of drug-likeness (QED) is 0.816. The molecule has 3 rings (SSSR count). The van der Waals surface area contributed by atoms with Crippen molar-refractivity contribution in [2.24, 2.45) is 5.92 Å². The van der Waals surface area contributed by atoms with Gasteiger partial charge in [-0.15, -0.1) is 0 Å². The Morgan fingerprint density at radius 1 is 1.04 bits per heavy atom. The van der Waals surface area contributed by atoms with Gasteiger partial charge in [-0.3, -0.25) is 4.79 Å². The number of carboxylic acid groups (broad SMARTS) is 1. The van der Waals surface area contributed by atoms with E-state index in [9.17, 15) is 27.1 Å². The summed E-state index contributed by atoms with van der Waals surface area (Å²) in [5, 5.41) is 9.49. The summed E-state index contributed by atoms with van der Waals surface area (Å²) in [6.07, 6.45) is -0.314. The number of nitrogens with zero attached hydrogens (tertiary/aromatic N) is 1. The first-order valence-corrected chi connectivity index (χ1v) is 10.1. The van der Waals surface area contributed by atoms with Gasteiger partial charge in [0.2, 0.25) is 10.0 Å². The number of carboxylic acids is 1. The molecule has 8 heteroatoms. The number of benzene rings is 2. The molecular weight excluding hydrogens is 376 g/mol. The maximum atomic E-state index is 13.7. The lowest BCUT2D eigenvalue weighted by atomic mass is 9.89. The van der Waals surface area contributed by atoms with Gasteiger partial charge < -0.3 is 5.11 Å². The molecule has 0 aromatic heterocycles. The molecule has 1 aliphatic heterocycles.